The van der Waals surface area contributed by atoms with Crippen molar-refractivity contribution in [2.45, 2.75) is 26.8 Å². The molecule has 0 spiro atoms. The first-order chi connectivity index (χ1) is 9.28. The van der Waals surface area contributed by atoms with Crippen LogP contribution in [0, 0.1) is 5.92 Å². The lowest BCUT2D eigenvalue weighted by Crippen LogP contribution is -2.28. The summed E-state index contributed by atoms with van der Waals surface area (Å²) in [5, 5.41) is 0. The summed E-state index contributed by atoms with van der Waals surface area (Å²) < 4.78 is 26.2. The summed E-state index contributed by atoms with van der Waals surface area (Å²) >= 11 is 1.28. The van der Waals surface area contributed by atoms with Crippen LogP contribution in [0.1, 0.15) is 34.8 Å². The van der Waals surface area contributed by atoms with Crippen LogP contribution in [-0.4, -0.2) is 31.0 Å². The van der Waals surface area contributed by atoms with Gasteiger partial charge in [-0.15, -0.1) is 11.3 Å². The van der Waals surface area contributed by atoms with Crippen molar-refractivity contribution >= 4 is 33.2 Å². The fraction of sp³-hybridized carbons (Fsp3) is 0.500. The van der Waals surface area contributed by atoms with Crippen LogP contribution in [0.3, 0.4) is 0 Å². The number of Topliss-reactive ketones (excluding diaryl/α,β-unsaturated/α-hetero) is 1. The highest BCUT2D eigenvalue weighted by Crippen LogP contribution is 2.22. The molecule has 110 valence electrons. The van der Waals surface area contributed by atoms with Gasteiger partial charge >= 0.3 is 10.2 Å². The zero-order valence-corrected chi connectivity index (χ0v) is 12.9. The molecule has 0 aliphatic carbocycles. The third-order valence-electron chi connectivity index (χ3n) is 2.76. The molecule has 1 aliphatic heterocycles. The molecule has 1 N–H and O–H groups in total. The minimum absolute atomic E-state index is 0.0646. The number of hydrogen-bond donors (Lipinski definition) is 1. The smallest absolute Gasteiger partial charge is 0.293 e. The second-order valence-electron chi connectivity index (χ2n) is 5.09. The van der Waals surface area contributed by atoms with E-state index in [0.717, 1.165) is 9.18 Å². The van der Waals surface area contributed by atoms with Gasteiger partial charge in [-0.05, 0) is 18.1 Å². The molecule has 2 rings (SSSR count). The molecule has 1 aliphatic rings. The maximum Gasteiger partial charge on any atom is 0.304 e. The van der Waals surface area contributed by atoms with Gasteiger partial charge in [-0.2, -0.15) is 12.7 Å². The highest BCUT2D eigenvalue weighted by molar-refractivity contribution is 7.88. The molecule has 6 nitrogen and oxygen atoms in total. The molecule has 0 atom stereocenters. The van der Waals surface area contributed by atoms with E-state index in [4.69, 9.17) is 0 Å². The first kappa shape index (κ1) is 15.1. The summed E-state index contributed by atoms with van der Waals surface area (Å²) in [6, 6.07) is 3.44. The molecule has 1 saturated heterocycles. The maximum atomic E-state index is 11.9. The number of carbonyl (C=O) groups excluding carboxylic acids is 2. The number of nitrogens with zero attached hydrogens (tertiary/aromatic N) is 1. The van der Waals surface area contributed by atoms with Gasteiger partial charge in [-0.1, -0.05) is 13.8 Å². The zero-order chi connectivity index (χ0) is 14.9. The Labute approximate surface area is 122 Å². The van der Waals surface area contributed by atoms with E-state index in [9.17, 15) is 18.0 Å². The minimum Gasteiger partial charge on any atom is -0.293 e. The van der Waals surface area contributed by atoms with Crippen molar-refractivity contribution < 1.29 is 18.0 Å². The van der Waals surface area contributed by atoms with Gasteiger partial charge in [0.15, 0.2) is 5.78 Å². The van der Waals surface area contributed by atoms with Crippen LogP contribution in [0.4, 0.5) is 0 Å². The van der Waals surface area contributed by atoms with Crippen LogP contribution in [0.15, 0.2) is 12.1 Å². The van der Waals surface area contributed by atoms with E-state index in [0.29, 0.717) is 11.3 Å². The molecule has 0 aromatic carbocycles. The number of rotatable bonds is 5. The Morgan fingerprint density at radius 1 is 1.45 bits per heavy atom. The monoisotopic (exact) mass is 316 g/mol. The second-order valence-corrected chi connectivity index (χ2v) is 7.92. The standard InChI is InChI=1S/C12H16N2O4S2/c1-8(2)5-10(15)11-4-3-9(19-11)6-14-7-12(16)13-20(14,17)18/h3-4,8H,5-7H2,1-2H3,(H,13,16). The van der Waals surface area contributed by atoms with E-state index in [1.165, 1.54) is 11.3 Å². The molecular weight excluding hydrogens is 300 g/mol. The molecule has 1 aromatic heterocycles. The molecule has 0 bridgehead atoms. The van der Waals surface area contributed by atoms with Crippen LogP contribution in [0.25, 0.3) is 0 Å². The zero-order valence-electron chi connectivity index (χ0n) is 11.3. The molecule has 0 radical (unpaired) electrons. The molecule has 8 heteroatoms. The Bertz CT molecular complexity index is 634. The third kappa shape index (κ3) is 3.44. The summed E-state index contributed by atoms with van der Waals surface area (Å²) in [5.74, 6) is -0.179. The van der Waals surface area contributed by atoms with Crippen LogP contribution in [0.2, 0.25) is 0 Å². The summed E-state index contributed by atoms with van der Waals surface area (Å²) in [7, 11) is -3.71. The van der Waals surface area contributed by atoms with E-state index >= 15 is 0 Å². The third-order valence-corrected chi connectivity index (χ3v) is 5.30. The Morgan fingerprint density at radius 3 is 2.70 bits per heavy atom. The van der Waals surface area contributed by atoms with Crippen molar-refractivity contribution in [1.82, 2.24) is 9.03 Å². The SMILES string of the molecule is CC(C)CC(=O)c1ccc(CN2CC(=O)NS2(=O)=O)s1. The van der Waals surface area contributed by atoms with Crippen molar-refractivity contribution in [3.8, 4) is 0 Å². The Kier molecular flexibility index (Phi) is 4.26. The summed E-state index contributed by atoms with van der Waals surface area (Å²) in [6.45, 7) is 3.89. The number of amides is 1. The van der Waals surface area contributed by atoms with Gasteiger partial charge in [0.25, 0.3) is 0 Å². The minimum atomic E-state index is -3.71. The van der Waals surface area contributed by atoms with Crippen molar-refractivity contribution in [3.63, 3.8) is 0 Å². The van der Waals surface area contributed by atoms with Crippen LogP contribution in [0.5, 0.6) is 0 Å². The quantitative estimate of drug-likeness (QED) is 0.826. The highest BCUT2D eigenvalue weighted by Gasteiger charge is 2.33. The van der Waals surface area contributed by atoms with Gasteiger partial charge in [-0.3, -0.25) is 9.59 Å². The van der Waals surface area contributed by atoms with Gasteiger partial charge in [0, 0.05) is 11.3 Å². The molecule has 0 saturated carbocycles. The first-order valence-electron chi connectivity index (χ1n) is 6.20. The maximum absolute atomic E-state index is 11.9. The molecule has 1 aromatic rings. The second kappa shape index (κ2) is 5.63. The van der Waals surface area contributed by atoms with Crippen LogP contribution < -0.4 is 4.72 Å². The van der Waals surface area contributed by atoms with Crippen molar-refractivity contribution in [3.05, 3.63) is 21.9 Å². The van der Waals surface area contributed by atoms with Gasteiger partial charge in [0.05, 0.1) is 18.0 Å². The predicted octanol–water partition coefficient (Wildman–Crippen LogP) is 1.15. The lowest BCUT2D eigenvalue weighted by molar-refractivity contribution is -0.118. The van der Waals surface area contributed by atoms with Crippen LogP contribution in [-0.2, 0) is 21.5 Å². The molecule has 2 heterocycles. The molecule has 1 amide bonds. The van der Waals surface area contributed by atoms with E-state index in [2.05, 4.69) is 0 Å². The van der Waals surface area contributed by atoms with Crippen molar-refractivity contribution in [2.24, 2.45) is 5.92 Å². The molecule has 0 unspecified atom stereocenters. The predicted molar refractivity (Wildman–Crippen MR) is 75.6 cm³/mol. The fourth-order valence-corrected chi connectivity index (χ4v) is 4.02. The summed E-state index contributed by atoms with van der Waals surface area (Å²) in [4.78, 5) is 24.4. The average molecular weight is 316 g/mol. The Morgan fingerprint density at radius 2 is 2.15 bits per heavy atom. The van der Waals surface area contributed by atoms with E-state index in [-0.39, 0.29) is 24.8 Å². The number of carbonyl (C=O) groups is 2. The largest absolute Gasteiger partial charge is 0.304 e. The Hall–Kier alpha value is -1.25. The number of thiophene rings is 1. The lowest BCUT2D eigenvalue weighted by atomic mass is 10.1. The fourth-order valence-electron chi connectivity index (χ4n) is 1.88. The molecule has 20 heavy (non-hydrogen) atoms. The van der Waals surface area contributed by atoms with Gasteiger partial charge < -0.3 is 0 Å². The number of nitrogens with one attached hydrogen (secondary N) is 1. The molecule has 1 fully saturated rings. The van der Waals surface area contributed by atoms with Gasteiger partial charge in [-0.25, -0.2) is 4.72 Å². The van der Waals surface area contributed by atoms with Crippen LogP contribution >= 0.6 is 11.3 Å². The molecular formula is C12H16N2O4S2. The summed E-state index contributed by atoms with van der Waals surface area (Å²) in [6.07, 6.45) is 0.474. The number of hydrogen-bond acceptors (Lipinski definition) is 5. The van der Waals surface area contributed by atoms with Crippen molar-refractivity contribution in [1.29, 1.82) is 0 Å². The van der Waals surface area contributed by atoms with E-state index in [1.807, 2.05) is 18.6 Å². The lowest BCUT2D eigenvalue weighted by Gasteiger charge is -2.09. The van der Waals surface area contributed by atoms with Gasteiger partial charge in [0.1, 0.15) is 0 Å². The Balaban J connectivity index is 2.07. The average Bonchev–Trinajstić information content (AvgIpc) is 2.83. The topological polar surface area (TPSA) is 83.6 Å². The highest BCUT2D eigenvalue weighted by atomic mass is 32.2. The normalized spacial score (nSPS) is 18.4. The number of ketones is 1. The van der Waals surface area contributed by atoms with E-state index < -0.39 is 16.1 Å². The van der Waals surface area contributed by atoms with E-state index in [1.54, 1.807) is 12.1 Å². The van der Waals surface area contributed by atoms with Crippen molar-refractivity contribution in [2.75, 3.05) is 6.54 Å². The van der Waals surface area contributed by atoms with Gasteiger partial charge in [0.2, 0.25) is 5.91 Å². The first-order valence-corrected chi connectivity index (χ1v) is 8.46. The summed E-state index contributed by atoms with van der Waals surface area (Å²) in [5.41, 5.74) is 0.